The van der Waals surface area contributed by atoms with Crippen LogP contribution in [0.25, 0.3) is 0 Å². The van der Waals surface area contributed by atoms with Crippen molar-refractivity contribution in [1.82, 2.24) is 4.31 Å². The smallest absolute Gasteiger partial charge is 0.243 e. The van der Waals surface area contributed by atoms with Crippen LogP contribution in [-0.2, 0) is 14.8 Å². The van der Waals surface area contributed by atoms with Crippen molar-refractivity contribution in [3.8, 4) is 5.75 Å². The molecule has 0 aromatic heterocycles. The van der Waals surface area contributed by atoms with Crippen molar-refractivity contribution in [3.05, 3.63) is 24.3 Å². The highest BCUT2D eigenvalue weighted by Gasteiger charge is 2.32. The minimum atomic E-state index is -3.45. The maximum atomic E-state index is 12.4. The Labute approximate surface area is 124 Å². The first-order chi connectivity index (χ1) is 9.57. The van der Waals surface area contributed by atoms with Gasteiger partial charge in [0.15, 0.2) is 0 Å². The SMILES string of the molecule is COC1CCN(S(=O)(=O)c2ccc(OCCCl)cc2)C1. The van der Waals surface area contributed by atoms with Gasteiger partial charge in [-0.25, -0.2) is 8.42 Å². The normalized spacial score (nSPS) is 20.2. The maximum absolute atomic E-state index is 12.4. The van der Waals surface area contributed by atoms with Crippen LogP contribution in [0.1, 0.15) is 6.42 Å². The molecule has 20 heavy (non-hydrogen) atoms. The fraction of sp³-hybridized carbons (Fsp3) is 0.538. The topological polar surface area (TPSA) is 55.8 Å². The molecule has 112 valence electrons. The van der Waals surface area contributed by atoms with Gasteiger partial charge >= 0.3 is 0 Å². The molecule has 1 saturated heterocycles. The van der Waals surface area contributed by atoms with E-state index in [0.717, 1.165) is 6.42 Å². The summed E-state index contributed by atoms with van der Waals surface area (Å²) in [5.41, 5.74) is 0. The minimum Gasteiger partial charge on any atom is -0.492 e. The van der Waals surface area contributed by atoms with E-state index in [1.54, 1.807) is 31.4 Å². The summed E-state index contributed by atoms with van der Waals surface area (Å²) >= 11 is 5.53. The molecule has 1 atom stereocenters. The number of methoxy groups -OCH3 is 1. The lowest BCUT2D eigenvalue weighted by Gasteiger charge is -2.16. The Bertz CT molecular complexity index is 532. The fourth-order valence-corrected chi connectivity index (χ4v) is 3.69. The highest BCUT2D eigenvalue weighted by Crippen LogP contribution is 2.23. The lowest BCUT2D eigenvalue weighted by molar-refractivity contribution is 0.115. The van der Waals surface area contributed by atoms with Gasteiger partial charge in [-0.2, -0.15) is 4.31 Å². The summed E-state index contributed by atoms with van der Waals surface area (Å²) in [6.07, 6.45) is 0.711. The minimum absolute atomic E-state index is 0.0175. The van der Waals surface area contributed by atoms with Gasteiger partial charge in [-0.05, 0) is 30.7 Å². The van der Waals surface area contributed by atoms with Gasteiger partial charge in [0.25, 0.3) is 0 Å². The standard InChI is InChI=1S/C13H18ClNO4S/c1-18-12-6-8-15(10-12)20(16,17)13-4-2-11(3-5-13)19-9-7-14/h2-5,12H,6-10H2,1H3. The van der Waals surface area contributed by atoms with Crippen molar-refractivity contribution >= 4 is 21.6 Å². The second kappa shape index (κ2) is 6.76. The van der Waals surface area contributed by atoms with Gasteiger partial charge in [0, 0.05) is 20.2 Å². The first-order valence-electron chi connectivity index (χ1n) is 6.39. The van der Waals surface area contributed by atoms with Gasteiger partial charge in [-0.15, -0.1) is 11.6 Å². The van der Waals surface area contributed by atoms with E-state index in [2.05, 4.69) is 0 Å². The van der Waals surface area contributed by atoms with E-state index in [9.17, 15) is 8.42 Å². The van der Waals surface area contributed by atoms with Crippen LogP contribution in [-0.4, -0.2) is 51.5 Å². The molecule has 0 N–H and O–H groups in total. The van der Waals surface area contributed by atoms with E-state index >= 15 is 0 Å². The Hall–Kier alpha value is -0.820. The van der Waals surface area contributed by atoms with Crippen LogP contribution in [0.2, 0.25) is 0 Å². The Morgan fingerprint density at radius 1 is 1.35 bits per heavy atom. The van der Waals surface area contributed by atoms with Gasteiger partial charge < -0.3 is 9.47 Å². The Morgan fingerprint density at radius 3 is 2.60 bits per heavy atom. The molecule has 1 fully saturated rings. The Morgan fingerprint density at radius 2 is 2.05 bits per heavy atom. The molecule has 1 aliphatic heterocycles. The average Bonchev–Trinajstić information content (AvgIpc) is 2.95. The molecular formula is C13H18ClNO4S. The van der Waals surface area contributed by atoms with Crippen LogP contribution in [0.15, 0.2) is 29.2 Å². The van der Waals surface area contributed by atoms with Gasteiger partial charge in [0.05, 0.1) is 16.9 Å². The largest absolute Gasteiger partial charge is 0.492 e. The highest BCUT2D eigenvalue weighted by molar-refractivity contribution is 7.89. The zero-order valence-electron chi connectivity index (χ0n) is 11.3. The molecule has 0 bridgehead atoms. The Kier molecular flexibility index (Phi) is 5.26. The van der Waals surface area contributed by atoms with Crippen molar-refractivity contribution < 1.29 is 17.9 Å². The van der Waals surface area contributed by atoms with E-state index < -0.39 is 10.0 Å². The van der Waals surface area contributed by atoms with Crippen molar-refractivity contribution in [2.45, 2.75) is 17.4 Å². The summed E-state index contributed by atoms with van der Waals surface area (Å²) < 4.78 is 36.8. The third-order valence-electron chi connectivity index (χ3n) is 3.25. The van der Waals surface area contributed by atoms with E-state index in [4.69, 9.17) is 21.1 Å². The molecule has 0 aliphatic carbocycles. The van der Waals surface area contributed by atoms with Gasteiger partial charge in [0.1, 0.15) is 12.4 Å². The third-order valence-corrected chi connectivity index (χ3v) is 5.28. The second-order valence-corrected chi connectivity index (χ2v) is 6.83. The van der Waals surface area contributed by atoms with E-state index in [0.29, 0.717) is 31.3 Å². The number of halogens is 1. The molecule has 0 amide bonds. The third kappa shape index (κ3) is 3.44. The van der Waals surface area contributed by atoms with Crippen molar-refractivity contribution in [3.63, 3.8) is 0 Å². The van der Waals surface area contributed by atoms with Crippen molar-refractivity contribution in [2.24, 2.45) is 0 Å². The number of benzene rings is 1. The molecular weight excluding hydrogens is 302 g/mol. The molecule has 0 radical (unpaired) electrons. The molecule has 1 aromatic carbocycles. The van der Waals surface area contributed by atoms with Gasteiger partial charge in [0.2, 0.25) is 10.0 Å². The van der Waals surface area contributed by atoms with Gasteiger partial charge in [-0.3, -0.25) is 0 Å². The van der Waals surface area contributed by atoms with Crippen LogP contribution < -0.4 is 4.74 Å². The van der Waals surface area contributed by atoms with E-state index in [1.165, 1.54) is 4.31 Å². The number of rotatable bonds is 6. The fourth-order valence-electron chi connectivity index (χ4n) is 2.12. The molecule has 1 unspecified atom stereocenters. The average molecular weight is 320 g/mol. The summed E-state index contributed by atoms with van der Waals surface area (Å²) in [5.74, 6) is 1.01. The summed E-state index contributed by atoms with van der Waals surface area (Å²) in [5, 5.41) is 0. The zero-order chi connectivity index (χ0) is 14.6. The summed E-state index contributed by atoms with van der Waals surface area (Å²) in [4.78, 5) is 0.271. The number of sulfonamides is 1. The summed E-state index contributed by atoms with van der Waals surface area (Å²) in [6.45, 7) is 1.30. The summed E-state index contributed by atoms with van der Waals surface area (Å²) in [6, 6.07) is 6.39. The molecule has 7 heteroatoms. The second-order valence-electron chi connectivity index (χ2n) is 4.52. The van der Waals surface area contributed by atoms with Crippen LogP contribution >= 0.6 is 11.6 Å². The molecule has 2 rings (SSSR count). The molecule has 1 heterocycles. The lowest BCUT2D eigenvalue weighted by Crippen LogP contribution is -2.30. The van der Waals surface area contributed by atoms with Crippen molar-refractivity contribution in [1.29, 1.82) is 0 Å². The monoisotopic (exact) mass is 319 g/mol. The molecule has 0 spiro atoms. The van der Waals surface area contributed by atoms with Crippen LogP contribution in [0.4, 0.5) is 0 Å². The molecule has 0 saturated carbocycles. The predicted molar refractivity (Wildman–Crippen MR) is 76.8 cm³/mol. The van der Waals surface area contributed by atoms with Crippen LogP contribution in [0, 0.1) is 0 Å². The molecule has 5 nitrogen and oxygen atoms in total. The highest BCUT2D eigenvalue weighted by atomic mass is 35.5. The van der Waals surface area contributed by atoms with Crippen LogP contribution in [0.5, 0.6) is 5.75 Å². The van der Waals surface area contributed by atoms with E-state index in [1.807, 2.05) is 0 Å². The number of ether oxygens (including phenoxy) is 2. The zero-order valence-corrected chi connectivity index (χ0v) is 12.9. The summed E-state index contributed by atoms with van der Waals surface area (Å²) in [7, 11) is -1.85. The quantitative estimate of drug-likeness (QED) is 0.749. The first kappa shape index (κ1) is 15.6. The number of hydrogen-bond donors (Lipinski definition) is 0. The lowest BCUT2D eigenvalue weighted by atomic mass is 10.3. The number of hydrogen-bond acceptors (Lipinski definition) is 4. The van der Waals surface area contributed by atoms with Crippen LogP contribution in [0.3, 0.4) is 0 Å². The first-order valence-corrected chi connectivity index (χ1v) is 8.37. The molecule has 1 aliphatic rings. The maximum Gasteiger partial charge on any atom is 0.243 e. The van der Waals surface area contributed by atoms with E-state index in [-0.39, 0.29) is 11.0 Å². The Balaban J connectivity index is 2.10. The molecule has 1 aromatic rings. The number of nitrogens with zero attached hydrogens (tertiary/aromatic N) is 1. The van der Waals surface area contributed by atoms with Gasteiger partial charge in [-0.1, -0.05) is 0 Å². The predicted octanol–water partition coefficient (Wildman–Crippen LogP) is 1.71. The number of alkyl halides is 1. The van der Waals surface area contributed by atoms with Crippen molar-refractivity contribution in [2.75, 3.05) is 32.7 Å².